The van der Waals surface area contributed by atoms with E-state index in [1.165, 1.54) is 0 Å². The maximum Gasteiger partial charge on any atom is 0.160 e. The fourth-order valence-electron chi connectivity index (χ4n) is 4.54. The smallest absolute Gasteiger partial charge is 0.160 e. The molecule has 6 rings (SSSR count). The van der Waals surface area contributed by atoms with Gasteiger partial charge in [-0.1, -0.05) is 0 Å². The number of piperazine rings is 1. The molecule has 0 saturated carbocycles. The Kier molecular flexibility index (Phi) is 5.97. The van der Waals surface area contributed by atoms with Gasteiger partial charge in [-0.05, 0) is 67.2 Å². The fraction of sp³-hybridized carbons (Fsp3) is 0.179. The van der Waals surface area contributed by atoms with Gasteiger partial charge in [-0.3, -0.25) is 4.98 Å². The van der Waals surface area contributed by atoms with Crippen LogP contribution in [-0.2, 0) is 0 Å². The van der Waals surface area contributed by atoms with Gasteiger partial charge in [0.15, 0.2) is 11.5 Å². The van der Waals surface area contributed by atoms with Crippen molar-refractivity contribution in [2.45, 2.75) is 0 Å². The van der Waals surface area contributed by atoms with Crippen molar-refractivity contribution in [3.05, 3.63) is 84.8 Å². The highest BCUT2D eigenvalue weighted by Crippen LogP contribution is 2.33. The molecule has 0 bridgehead atoms. The van der Waals surface area contributed by atoms with Crippen molar-refractivity contribution < 1.29 is 8.78 Å². The average Bonchev–Trinajstić information content (AvgIpc) is 2.94. The Labute approximate surface area is 212 Å². The summed E-state index contributed by atoms with van der Waals surface area (Å²) in [6.07, 6.45) is 5.08. The summed E-state index contributed by atoms with van der Waals surface area (Å²) >= 11 is 0. The Morgan fingerprint density at radius 3 is 2.43 bits per heavy atom. The summed E-state index contributed by atoms with van der Waals surface area (Å²) < 4.78 is 28.5. The fourth-order valence-corrected chi connectivity index (χ4v) is 4.54. The number of rotatable bonds is 4. The van der Waals surface area contributed by atoms with Crippen LogP contribution in [0, 0.1) is 11.6 Å². The van der Waals surface area contributed by atoms with Crippen LogP contribution in [0.15, 0.2) is 73.2 Å². The van der Waals surface area contributed by atoms with Crippen molar-refractivity contribution in [3.63, 3.8) is 0 Å². The van der Waals surface area contributed by atoms with Crippen LogP contribution in [0.4, 0.5) is 14.6 Å². The summed E-state index contributed by atoms with van der Waals surface area (Å²) in [4.78, 5) is 17.8. The second-order valence-electron chi connectivity index (χ2n) is 9.08. The molecular weight excluding hydrogens is 472 g/mol. The van der Waals surface area contributed by atoms with E-state index in [-0.39, 0.29) is 5.56 Å². The van der Waals surface area contributed by atoms with Crippen LogP contribution in [0.25, 0.3) is 44.7 Å². The van der Waals surface area contributed by atoms with Crippen molar-refractivity contribution in [3.8, 4) is 33.6 Å². The third-order valence-corrected chi connectivity index (χ3v) is 6.61. The van der Waals surface area contributed by atoms with Crippen molar-refractivity contribution in [2.75, 3.05) is 38.1 Å². The molecule has 0 aliphatic carbocycles. The topological polar surface area (TPSA) is 70.9 Å². The zero-order chi connectivity index (χ0) is 25.4. The molecule has 0 unspecified atom stereocenters. The number of pyridine rings is 3. The van der Waals surface area contributed by atoms with Gasteiger partial charge in [0.05, 0.1) is 11.4 Å². The van der Waals surface area contributed by atoms with Crippen LogP contribution in [-0.4, -0.2) is 63.3 Å². The Morgan fingerprint density at radius 2 is 1.62 bits per heavy atom. The van der Waals surface area contributed by atoms with E-state index >= 15 is 0 Å². The number of anilines is 1. The molecule has 9 heteroatoms. The van der Waals surface area contributed by atoms with Gasteiger partial charge in [0.25, 0.3) is 0 Å². The van der Waals surface area contributed by atoms with E-state index < -0.39 is 11.6 Å². The van der Waals surface area contributed by atoms with E-state index in [2.05, 4.69) is 42.0 Å². The van der Waals surface area contributed by atoms with Gasteiger partial charge in [-0.2, -0.15) is 0 Å². The lowest BCUT2D eigenvalue weighted by Crippen LogP contribution is -2.44. The van der Waals surface area contributed by atoms with E-state index in [4.69, 9.17) is 0 Å². The molecule has 0 amide bonds. The Balaban J connectivity index is 1.39. The number of fused-ring (bicyclic) bond motifs is 1. The van der Waals surface area contributed by atoms with Gasteiger partial charge in [0, 0.05) is 66.8 Å². The van der Waals surface area contributed by atoms with Crippen LogP contribution in [0.2, 0.25) is 0 Å². The summed E-state index contributed by atoms with van der Waals surface area (Å²) in [5.41, 5.74) is 3.82. The van der Waals surface area contributed by atoms with Crippen molar-refractivity contribution >= 4 is 16.9 Å². The lowest BCUT2D eigenvalue weighted by Gasteiger charge is -2.32. The third-order valence-electron chi connectivity index (χ3n) is 6.61. The predicted molar refractivity (Wildman–Crippen MR) is 139 cm³/mol. The molecule has 37 heavy (non-hydrogen) atoms. The van der Waals surface area contributed by atoms with Crippen LogP contribution in [0.5, 0.6) is 0 Å². The van der Waals surface area contributed by atoms with E-state index in [1.807, 2.05) is 30.3 Å². The van der Waals surface area contributed by atoms with Gasteiger partial charge >= 0.3 is 0 Å². The monoisotopic (exact) mass is 495 g/mol. The number of hydrogen-bond donors (Lipinski definition) is 0. The first-order valence-corrected chi connectivity index (χ1v) is 12.0. The maximum atomic E-state index is 14.6. The largest absolute Gasteiger partial charge is 0.353 e. The van der Waals surface area contributed by atoms with E-state index in [0.29, 0.717) is 17.0 Å². The van der Waals surface area contributed by atoms with Crippen LogP contribution in [0.3, 0.4) is 0 Å². The van der Waals surface area contributed by atoms with Crippen LogP contribution < -0.4 is 4.90 Å². The number of benzene rings is 1. The molecular formula is C28H23F2N7. The molecule has 1 aromatic carbocycles. The standard InChI is InChI=1S/C28H23F2N7/c1-36-9-11-37(12-10-36)27-7-6-25(34-35-27)19-13-18(16-31-17-19)22-15-26(23-14-20(29)4-5-24(23)30)33-28-21(22)3-2-8-32-28/h2-8,13-17H,9-12H2,1H3. The number of likely N-dealkylation sites (N-methyl/N-ethyl adjacent to an activating group) is 1. The molecule has 4 aromatic heterocycles. The number of aromatic nitrogens is 5. The highest BCUT2D eigenvalue weighted by Gasteiger charge is 2.17. The first kappa shape index (κ1) is 23.1. The highest BCUT2D eigenvalue weighted by molar-refractivity contribution is 5.95. The van der Waals surface area contributed by atoms with Crippen LogP contribution >= 0.6 is 0 Å². The Bertz CT molecular complexity index is 1580. The van der Waals surface area contributed by atoms with Gasteiger partial charge in [-0.25, -0.2) is 18.7 Å². The quantitative estimate of drug-likeness (QED) is 0.353. The molecule has 0 atom stereocenters. The van der Waals surface area contributed by atoms with Crippen molar-refractivity contribution in [1.29, 1.82) is 0 Å². The molecule has 184 valence electrons. The minimum atomic E-state index is -0.558. The maximum absolute atomic E-state index is 14.6. The molecule has 1 aliphatic rings. The SMILES string of the molecule is CN1CCN(c2ccc(-c3cncc(-c4cc(-c5cc(F)ccc5F)nc5ncccc45)c3)nn2)CC1. The lowest BCUT2D eigenvalue weighted by atomic mass is 9.99. The molecule has 0 radical (unpaired) electrons. The van der Waals surface area contributed by atoms with Gasteiger partial charge in [-0.15, -0.1) is 10.2 Å². The molecule has 7 nitrogen and oxygen atoms in total. The van der Waals surface area contributed by atoms with Crippen LogP contribution in [0.1, 0.15) is 0 Å². The summed E-state index contributed by atoms with van der Waals surface area (Å²) in [7, 11) is 2.12. The normalized spacial score (nSPS) is 14.3. The first-order valence-electron chi connectivity index (χ1n) is 12.0. The minimum absolute atomic E-state index is 0.0725. The Hall–Kier alpha value is -4.37. The van der Waals surface area contributed by atoms with Gasteiger partial charge in [0.1, 0.15) is 11.6 Å². The second-order valence-corrected chi connectivity index (χ2v) is 9.08. The molecule has 0 N–H and O–H groups in total. The lowest BCUT2D eigenvalue weighted by molar-refractivity contribution is 0.312. The molecule has 5 aromatic rings. The zero-order valence-electron chi connectivity index (χ0n) is 20.1. The summed E-state index contributed by atoms with van der Waals surface area (Å²) in [5.74, 6) is -0.241. The third kappa shape index (κ3) is 4.61. The van der Waals surface area contributed by atoms with Crippen molar-refractivity contribution in [1.82, 2.24) is 30.0 Å². The predicted octanol–water partition coefficient (Wildman–Crippen LogP) is 4.85. The summed E-state index contributed by atoms with van der Waals surface area (Å²) in [5, 5.41) is 9.70. The number of nitrogens with zero attached hydrogens (tertiary/aromatic N) is 7. The molecule has 1 aliphatic heterocycles. The van der Waals surface area contributed by atoms with Gasteiger partial charge < -0.3 is 9.80 Å². The zero-order valence-corrected chi connectivity index (χ0v) is 20.1. The number of halogens is 2. The van der Waals surface area contributed by atoms with E-state index in [9.17, 15) is 8.78 Å². The molecule has 1 saturated heterocycles. The summed E-state index contributed by atoms with van der Waals surface area (Å²) in [6.45, 7) is 3.81. The van der Waals surface area contributed by atoms with E-state index in [1.54, 1.807) is 24.7 Å². The Morgan fingerprint density at radius 1 is 0.784 bits per heavy atom. The molecule has 1 fully saturated rings. The average molecular weight is 496 g/mol. The molecule has 5 heterocycles. The first-order chi connectivity index (χ1) is 18.0. The second kappa shape index (κ2) is 9.59. The highest BCUT2D eigenvalue weighted by atomic mass is 19.1. The van der Waals surface area contributed by atoms with E-state index in [0.717, 1.165) is 72.3 Å². The summed E-state index contributed by atoms with van der Waals surface area (Å²) in [6, 6.07) is 14.7. The minimum Gasteiger partial charge on any atom is -0.353 e. The van der Waals surface area contributed by atoms with Gasteiger partial charge in [0.2, 0.25) is 0 Å². The molecule has 0 spiro atoms. The number of hydrogen-bond acceptors (Lipinski definition) is 7. The van der Waals surface area contributed by atoms with Crippen molar-refractivity contribution in [2.24, 2.45) is 0 Å².